The van der Waals surface area contributed by atoms with Crippen LogP contribution in [0, 0.1) is 0 Å². The Balaban J connectivity index is 2.17. The minimum absolute atomic E-state index is 0.102. The summed E-state index contributed by atoms with van der Waals surface area (Å²) in [7, 11) is 0. The lowest BCUT2D eigenvalue weighted by atomic mass is 9.94. The molecular formula is C22H31ClN2O. The zero-order chi connectivity index (χ0) is 19.2. The molecule has 3 N–H and O–H groups in total. The van der Waals surface area contributed by atoms with Crippen LogP contribution >= 0.6 is 11.6 Å². The monoisotopic (exact) mass is 374 g/mol. The van der Waals surface area contributed by atoms with E-state index in [-0.39, 0.29) is 23.7 Å². The third-order valence-electron chi connectivity index (χ3n) is 4.55. The van der Waals surface area contributed by atoms with Crippen LogP contribution in [-0.2, 0) is 6.42 Å². The first-order valence-corrected chi connectivity index (χ1v) is 9.52. The van der Waals surface area contributed by atoms with Gasteiger partial charge in [-0.25, -0.2) is 0 Å². The number of hydrogen-bond acceptors (Lipinski definition) is 3. The smallest absolute Gasteiger partial charge is 0.0607 e. The zero-order valence-electron chi connectivity index (χ0n) is 16.2. The van der Waals surface area contributed by atoms with Gasteiger partial charge in [0.05, 0.1) is 6.61 Å². The van der Waals surface area contributed by atoms with E-state index in [1.165, 1.54) is 5.56 Å². The summed E-state index contributed by atoms with van der Waals surface area (Å²) in [6.07, 6.45) is 0.816. The number of hydrogen-bond donors (Lipinski definition) is 3. The molecule has 0 aliphatic heterocycles. The summed E-state index contributed by atoms with van der Waals surface area (Å²) < 4.78 is 0. The van der Waals surface area contributed by atoms with Crippen LogP contribution in [0.1, 0.15) is 44.9 Å². The predicted octanol–water partition coefficient (Wildman–Crippen LogP) is 4.35. The molecule has 2 rings (SSSR count). The molecule has 4 heteroatoms. The van der Waals surface area contributed by atoms with Gasteiger partial charge in [-0.1, -0.05) is 60.1 Å². The molecule has 26 heavy (non-hydrogen) atoms. The van der Waals surface area contributed by atoms with Crippen LogP contribution in [0.5, 0.6) is 0 Å². The summed E-state index contributed by atoms with van der Waals surface area (Å²) in [6.45, 7) is 9.20. The molecule has 1 atom stereocenters. The lowest BCUT2D eigenvalue weighted by Gasteiger charge is -2.36. The number of nitrogens with one attached hydrogen (secondary N) is 2. The number of benzene rings is 2. The van der Waals surface area contributed by atoms with E-state index in [1.54, 1.807) is 0 Å². The molecule has 0 spiro atoms. The Labute approximate surface area is 162 Å². The predicted molar refractivity (Wildman–Crippen MR) is 111 cm³/mol. The highest BCUT2D eigenvalue weighted by atomic mass is 35.5. The van der Waals surface area contributed by atoms with Crippen molar-refractivity contribution in [2.75, 3.05) is 13.2 Å². The van der Waals surface area contributed by atoms with Gasteiger partial charge in [0.2, 0.25) is 0 Å². The molecule has 3 nitrogen and oxygen atoms in total. The normalized spacial score (nSPS) is 13.6. The third-order valence-corrected chi connectivity index (χ3v) is 4.92. The molecule has 142 valence electrons. The maximum atomic E-state index is 9.48. The zero-order valence-corrected chi connectivity index (χ0v) is 17.0. The van der Waals surface area contributed by atoms with Crippen LogP contribution in [0.3, 0.4) is 0 Å². The molecule has 0 saturated carbocycles. The highest BCUT2D eigenvalue weighted by Crippen LogP contribution is 2.25. The Morgan fingerprint density at radius 2 is 1.54 bits per heavy atom. The summed E-state index contributed by atoms with van der Waals surface area (Å²) in [5, 5.41) is 17.5. The fraction of sp³-hybridized carbons (Fsp3) is 0.455. The average Bonchev–Trinajstić information content (AvgIpc) is 2.62. The molecule has 0 fully saturated rings. The summed E-state index contributed by atoms with van der Waals surface area (Å²) in [6, 6.07) is 18.6. The molecule has 0 bridgehead atoms. The van der Waals surface area contributed by atoms with Crippen molar-refractivity contribution in [2.24, 2.45) is 0 Å². The summed E-state index contributed by atoms with van der Waals surface area (Å²) >= 11 is 6.40. The lowest BCUT2D eigenvalue weighted by molar-refractivity contribution is 0.174. The maximum Gasteiger partial charge on any atom is 0.0607 e. The molecule has 0 aliphatic rings. The minimum Gasteiger partial charge on any atom is -0.394 e. The minimum atomic E-state index is -0.302. The first kappa shape index (κ1) is 20.9. The van der Waals surface area contributed by atoms with E-state index >= 15 is 0 Å². The number of aliphatic hydroxyl groups excluding tert-OH is 1. The van der Waals surface area contributed by atoms with Crippen LogP contribution in [0.2, 0.25) is 5.02 Å². The van der Waals surface area contributed by atoms with Crippen molar-refractivity contribution >= 4 is 11.6 Å². The van der Waals surface area contributed by atoms with Gasteiger partial charge in [-0.3, -0.25) is 0 Å². The molecule has 2 aromatic rings. The van der Waals surface area contributed by atoms with Gasteiger partial charge in [-0.2, -0.15) is 0 Å². The van der Waals surface area contributed by atoms with Gasteiger partial charge >= 0.3 is 0 Å². The molecule has 2 aromatic carbocycles. The van der Waals surface area contributed by atoms with Gasteiger partial charge < -0.3 is 15.7 Å². The molecule has 0 heterocycles. The van der Waals surface area contributed by atoms with E-state index in [1.807, 2.05) is 38.1 Å². The van der Waals surface area contributed by atoms with Gasteiger partial charge in [0, 0.05) is 28.7 Å². The van der Waals surface area contributed by atoms with Crippen LogP contribution < -0.4 is 10.6 Å². The fourth-order valence-corrected chi connectivity index (χ4v) is 3.07. The number of aliphatic hydroxyl groups is 1. The third kappa shape index (κ3) is 6.40. The molecular weight excluding hydrogens is 344 g/mol. The van der Waals surface area contributed by atoms with Crippen LogP contribution in [-0.4, -0.2) is 29.3 Å². The highest BCUT2D eigenvalue weighted by Gasteiger charge is 2.26. The molecule has 0 radical (unpaired) electrons. The Morgan fingerprint density at radius 3 is 2.15 bits per heavy atom. The largest absolute Gasteiger partial charge is 0.394 e. The number of rotatable bonds is 9. The Kier molecular flexibility index (Phi) is 7.24. The van der Waals surface area contributed by atoms with Crippen molar-refractivity contribution in [2.45, 2.75) is 51.2 Å². The molecule has 0 aliphatic carbocycles. The summed E-state index contributed by atoms with van der Waals surface area (Å²) in [4.78, 5) is 0. The quantitative estimate of drug-likeness (QED) is 0.611. The Bertz CT molecular complexity index is 686. The van der Waals surface area contributed by atoms with Gasteiger partial charge in [-0.05, 0) is 51.3 Å². The first-order valence-electron chi connectivity index (χ1n) is 9.14. The maximum absolute atomic E-state index is 9.48. The molecule has 0 aromatic heterocycles. The SMILES string of the molecule is CC(C)(CO)NCC(C)(C)N[C@@H](Cc1ccccc1Cl)c1ccccc1. The summed E-state index contributed by atoms with van der Waals surface area (Å²) in [5.74, 6) is 0. The van der Waals surface area contributed by atoms with Crippen LogP contribution in [0.15, 0.2) is 54.6 Å². The standard InChI is InChI=1S/C22H31ClN2O/c1-21(2,15-24-22(3,4)16-26)25-20(17-10-6-5-7-11-17)14-18-12-8-9-13-19(18)23/h5-13,20,24-26H,14-16H2,1-4H3/t20-/m0/s1. The van der Waals surface area contributed by atoms with Crippen molar-refractivity contribution in [1.82, 2.24) is 10.6 Å². The van der Waals surface area contributed by atoms with Crippen LogP contribution in [0.4, 0.5) is 0 Å². The molecule has 0 amide bonds. The van der Waals surface area contributed by atoms with E-state index in [0.29, 0.717) is 0 Å². The van der Waals surface area contributed by atoms with Gasteiger partial charge in [0.15, 0.2) is 0 Å². The summed E-state index contributed by atoms with van der Waals surface area (Å²) in [5.41, 5.74) is 1.91. The van der Waals surface area contributed by atoms with E-state index in [4.69, 9.17) is 11.6 Å². The van der Waals surface area contributed by atoms with Gasteiger partial charge in [0.25, 0.3) is 0 Å². The second kappa shape index (κ2) is 9.01. The Hall–Kier alpha value is -1.39. The average molecular weight is 375 g/mol. The second-order valence-electron chi connectivity index (χ2n) is 8.18. The van der Waals surface area contributed by atoms with Crippen molar-refractivity contribution in [3.05, 3.63) is 70.7 Å². The van der Waals surface area contributed by atoms with Crippen molar-refractivity contribution < 1.29 is 5.11 Å². The van der Waals surface area contributed by atoms with Crippen molar-refractivity contribution in [1.29, 1.82) is 0 Å². The number of halogens is 1. The molecule has 0 unspecified atom stereocenters. The van der Waals surface area contributed by atoms with E-state index in [9.17, 15) is 5.11 Å². The van der Waals surface area contributed by atoms with Gasteiger partial charge in [-0.15, -0.1) is 0 Å². The highest BCUT2D eigenvalue weighted by molar-refractivity contribution is 6.31. The van der Waals surface area contributed by atoms with Crippen molar-refractivity contribution in [3.63, 3.8) is 0 Å². The van der Waals surface area contributed by atoms with E-state index in [0.717, 1.165) is 23.6 Å². The molecule has 0 saturated heterocycles. The Morgan fingerprint density at radius 1 is 0.923 bits per heavy atom. The lowest BCUT2D eigenvalue weighted by Crippen LogP contribution is -2.55. The van der Waals surface area contributed by atoms with Crippen LogP contribution in [0.25, 0.3) is 0 Å². The van der Waals surface area contributed by atoms with E-state index in [2.05, 4.69) is 54.8 Å². The fourth-order valence-electron chi connectivity index (χ4n) is 2.86. The van der Waals surface area contributed by atoms with Gasteiger partial charge in [0.1, 0.15) is 0 Å². The second-order valence-corrected chi connectivity index (χ2v) is 8.59. The topological polar surface area (TPSA) is 44.3 Å². The first-order chi connectivity index (χ1) is 12.2. The van der Waals surface area contributed by atoms with E-state index < -0.39 is 0 Å². The van der Waals surface area contributed by atoms with Crippen molar-refractivity contribution in [3.8, 4) is 0 Å².